The maximum absolute atomic E-state index is 12.3. The summed E-state index contributed by atoms with van der Waals surface area (Å²) in [6.45, 7) is 12.4. The van der Waals surface area contributed by atoms with Gasteiger partial charge in [0.15, 0.2) is 0 Å². The van der Waals surface area contributed by atoms with Gasteiger partial charge in [0.05, 0.1) is 18.6 Å². The van der Waals surface area contributed by atoms with Crippen molar-refractivity contribution in [2.45, 2.75) is 88.3 Å². The first-order valence-electron chi connectivity index (χ1n) is 10.5. The smallest absolute Gasteiger partial charge is 0.411 e. The second-order valence-electron chi connectivity index (χ2n) is 10.4. The fourth-order valence-corrected chi connectivity index (χ4v) is 5.33. The summed E-state index contributed by atoms with van der Waals surface area (Å²) in [5.41, 5.74) is -0.896. The first-order chi connectivity index (χ1) is 13.7. The van der Waals surface area contributed by atoms with Crippen LogP contribution in [0.4, 0.5) is 13.2 Å². The van der Waals surface area contributed by atoms with Crippen LogP contribution in [-0.2, 0) is 23.4 Å². The highest BCUT2D eigenvalue weighted by Crippen LogP contribution is 2.59. The van der Waals surface area contributed by atoms with Crippen LogP contribution in [0.25, 0.3) is 0 Å². The van der Waals surface area contributed by atoms with Crippen LogP contribution >= 0.6 is 0 Å². The van der Waals surface area contributed by atoms with E-state index in [4.69, 9.17) is 23.4 Å². The molecule has 1 unspecified atom stereocenters. The third kappa shape index (κ3) is 4.75. The predicted molar refractivity (Wildman–Crippen MR) is 109 cm³/mol. The first-order valence-corrected chi connectivity index (χ1v) is 13.4. The molecule has 0 aromatic rings. The van der Waals surface area contributed by atoms with Gasteiger partial charge in [0.1, 0.15) is 29.7 Å². The van der Waals surface area contributed by atoms with Gasteiger partial charge in [-0.05, 0) is 37.6 Å². The van der Waals surface area contributed by atoms with Gasteiger partial charge in [-0.15, -0.1) is 0 Å². The Morgan fingerprint density at radius 2 is 1.87 bits per heavy atom. The van der Waals surface area contributed by atoms with E-state index < -0.39 is 26.7 Å². The van der Waals surface area contributed by atoms with Crippen molar-refractivity contribution < 1.29 is 36.5 Å². The van der Waals surface area contributed by atoms with Crippen LogP contribution in [0.5, 0.6) is 0 Å². The maximum atomic E-state index is 12.3. The highest BCUT2D eigenvalue weighted by atomic mass is 28.4. The number of rotatable bonds is 8. The number of epoxide rings is 2. The summed E-state index contributed by atoms with van der Waals surface area (Å²) in [6, 6.07) is 0. The van der Waals surface area contributed by atoms with Gasteiger partial charge in [-0.1, -0.05) is 20.8 Å². The van der Waals surface area contributed by atoms with Gasteiger partial charge >= 0.3 is 6.18 Å². The lowest BCUT2D eigenvalue weighted by atomic mass is 9.71. The maximum Gasteiger partial charge on any atom is 0.411 e. The van der Waals surface area contributed by atoms with E-state index in [1.807, 2.05) is 6.92 Å². The van der Waals surface area contributed by atoms with Gasteiger partial charge in [0.2, 0.25) is 8.32 Å². The zero-order valence-corrected chi connectivity index (χ0v) is 20.0. The monoisotopic (exact) mass is 452 g/mol. The molecule has 0 aromatic carbocycles. The van der Waals surface area contributed by atoms with E-state index in [1.165, 1.54) is 0 Å². The van der Waals surface area contributed by atoms with Crippen LogP contribution in [0.1, 0.15) is 40.5 Å². The number of ether oxygens (including phenoxy) is 4. The van der Waals surface area contributed by atoms with Crippen LogP contribution in [0.15, 0.2) is 11.8 Å². The second-order valence-corrected chi connectivity index (χ2v) is 15.1. The molecule has 5 nitrogen and oxygen atoms in total. The average molecular weight is 453 g/mol. The van der Waals surface area contributed by atoms with Crippen molar-refractivity contribution in [3.05, 3.63) is 11.8 Å². The van der Waals surface area contributed by atoms with E-state index in [1.54, 1.807) is 7.11 Å². The van der Waals surface area contributed by atoms with Gasteiger partial charge in [-0.25, -0.2) is 0 Å². The number of hydrogen-bond donors (Lipinski definition) is 0. The van der Waals surface area contributed by atoms with Crippen LogP contribution in [0.3, 0.4) is 0 Å². The zero-order chi connectivity index (χ0) is 22.6. The van der Waals surface area contributed by atoms with E-state index in [0.717, 1.165) is 12.2 Å². The molecule has 0 amide bonds. The topological polar surface area (TPSA) is 52.8 Å². The SMILES string of the molecule is CO[C@@H]1C(O[Si](C)(C)C(C)(C)C)=CC[C@]2(CO2)[C@H]1C1(C)O[C@@H]1CCOCC(F)(F)F. The van der Waals surface area contributed by atoms with Gasteiger partial charge in [-0.2, -0.15) is 13.2 Å². The van der Waals surface area contributed by atoms with Crippen molar-refractivity contribution in [1.82, 2.24) is 0 Å². The summed E-state index contributed by atoms with van der Waals surface area (Å²) in [4.78, 5) is 0. The first kappa shape index (κ1) is 24.0. The minimum atomic E-state index is -4.31. The molecule has 30 heavy (non-hydrogen) atoms. The molecule has 3 rings (SSSR count). The Kier molecular flexibility index (Phi) is 6.22. The second kappa shape index (κ2) is 7.76. The summed E-state index contributed by atoms with van der Waals surface area (Å²) >= 11 is 0. The molecule has 9 heteroatoms. The normalized spacial score (nSPS) is 36.6. The van der Waals surface area contributed by atoms with Crippen molar-refractivity contribution in [2.75, 3.05) is 26.9 Å². The Morgan fingerprint density at radius 3 is 2.37 bits per heavy atom. The van der Waals surface area contributed by atoms with Crippen LogP contribution in [0.2, 0.25) is 18.1 Å². The highest BCUT2D eigenvalue weighted by molar-refractivity contribution is 6.74. The van der Waals surface area contributed by atoms with Crippen molar-refractivity contribution >= 4 is 8.32 Å². The van der Waals surface area contributed by atoms with Crippen LogP contribution in [0, 0.1) is 5.92 Å². The average Bonchev–Trinajstić information content (AvgIpc) is 3.49. The Morgan fingerprint density at radius 1 is 1.23 bits per heavy atom. The molecule has 0 N–H and O–H groups in total. The fourth-order valence-electron chi connectivity index (χ4n) is 4.24. The molecule has 3 aliphatic rings. The lowest BCUT2D eigenvalue weighted by molar-refractivity contribution is -0.174. The molecule has 2 fully saturated rings. The van der Waals surface area contributed by atoms with E-state index in [9.17, 15) is 13.2 Å². The van der Waals surface area contributed by atoms with Crippen molar-refractivity contribution in [3.8, 4) is 0 Å². The quantitative estimate of drug-likeness (QED) is 0.300. The molecule has 1 aliphatic carbocycles. The number of halogens is 3. The third-order valence-electron chi connectivity index (χ3n) is 7.13. The molecule has 1 spiro atoms. The minimum absolute atomic E-state index is 0.00115. The summed E-state index contributed by atoms with van der Waals surface area (Å²) in [5.74, 6) is 0.742. The van der Waals surface area contributed by atoms with Gasteiger partial charge in [-0.3, -0.25) is 0 Å². The Balaban J connectivity index is 1.70. The van der Waals surface area contributed by atoms with Gasteiger partial charge in [0, 0.05) is 20.1 Å². The lowest BCUT2D eigenvalue weighted by Crippen LogP contribution is -2.51. The Hall–Kier alpha value is -0.613. The van der Waals surface area contributed by atoms with Crippen LogP contribution < -0.4 is 0 Å². The van der Waals surface area contributed by atoms with E-state index >= 15 is 0 Å². The molecule has 0 saturated carbocycles. The molecule has 2 aliphatic heterocycles. The summed E-state index contributed by atoms with van der Waals surface area (Å²) in [6.07, 6.45) is -1.62. The molecule has 2 saturated heterocycles. The largest absolute Gasteiger partial charge is 0.545 e. The molecular weight excluding hydrogens is 417 g/mol. The molecular formula is C21H35F3O5Si. The molecule has 0 bridgehead atoms. The Bertz CT molecular complexity index is 669. The lowest BCUT2D eigenvalue weighted by Gasteiger charge is -2.43. The molecule has 0 radical (unpaired) electrons. The molecule has 0 aromatic heterocycles. The number of alkyl halides is 3. The summed E-state index contributed by atoms with van der Waals surface area (Å²) < 4.78 is 66.1. The van der Waals surface area contributed by atoms with E-state index in [0.29, 0.717) is 13.0 Å². The minimum Gasteiger partial charge on any atom is -0.545 e. The predicted octanol–water partition coefficient (Wildman–Crippen LogP) is 4.82. The van der Waals surface area contributed by atoms with Gasteiger partial charge < -0.3 is 23.4 Å². The molecule has 174 valence electrons. The third-order valence-corrected chi connectivity index (χ3v) is 11.5. The van der Waals surface area contributed by atoms with Crippen molar-refractivity contribution in [2.24, 2.45) is 5.92 Å². The van der Waals surface area contributed by atoms with Crippen LogP contribution in [-0.4, -0.2) is 64.8 Å². The number of methoxy groups -OCH3 is 1. The Labute approximate surface area is 178 Å². The summed E-state index contributed by atoms with van der Waals surface area (Å²) in [7, 11) is -0.400. The standard InChI is InChI=1S/C21H35F3O5Si/c1-18(2,3)30(6,7)29-14-8-10-20(12-27-20)17(16(14)25-5)19(4)15(28-19)9-11-26-13-21(22,23)24/h8,15-17H,9-13H2,1-7H3/t15-,16-,17-,19?,20+/m1/s1. The van der Waals surface area contributed by atoms with Crippen molar-refractivity contribution in [3.63, 3.8) is 0 Å². The van der Waals surface area contributed by atoms with E-state index in [2.05, 4.69) is 39.9 Å². The van der Waals surface area contributed by atoms with Crippen molar-refractivity contribution in [1.29, 1.82) is 0 Å². The summed E-state index contributed by atoms with van der Waals surface area (Å²) in [5, 5.41) is 0.0468. The fraction of sp³-hybridized carbons (Fsp3) is 0.905. The zero-order valence-electron chi connectivity index (χ0n) is 19.0. The highest BCUT2D eigenvalue weighted by Gasteiger charge is 2.71. The van der Waals surface area contributed by atoms with Gasteiger partial charge in [0.25, 0.3) is 0 Å². The number of hydrogen-bond acceptors (Lipinski definition) is 5. The molecule has 5 atom stereocenters. The molecule has 2 heterocycles. The van der Waals surface area contributed by atoms with E-state index in [-0.39, 0.29) is 35.4 Å².